The van der Waals surface area contributed by atoms with Gasteiger partial charge in [0.1, 0.15) is 5.82 Å². The lowest BCUT2D eigenvalue weighted by Crippen LogP contribution is -2.34. The first-order chi connectivity index (χ1) is 10.9. The third kappa shape index (κ3) is 2.74. The number of imidazole rings is 1. The molecule has 0 spiro atoms. The first kappa shape index (κ1) is 13.5. The van der Waals surface area contributed by atoms with Crippen LogP contribution in [0.15, 0.2) is 48.7 Å². The van der Waals surface area contributed by atoms with Crippen LogP contribution in [0, 0.1) is 0 Å². The Balaban J connectivity index is 1.50. The van der Waals surface area contributed by atoms with Gasteiger partial charge in [0, 0.05) is 25.2 Å². The SMILES string of the molecule is c1ccc(CN2CCCC(c3nc4ncccc4[nH]3)C2)cc1. The lowest BCUT2D eigenvalue weighted by Gasteiger charge is -2.31. The molecular formula is C18H20N4. The number of rotatable bonds is 3. The number of aromatic nitrogens is 3. The van der Waals surface area contributed by atoms with Crippen molar-refractivity contribution in [3.63, 3.8) is 0 Å². The van der Waals surface area contributed by atoms with Crippen LogP contribution in [-0.4, -0.2) is 32.9 Å². The minimum atomic E-state index is 0.478. The smallest absolute Gasteiger partial charge is 0.177 e. The minimum absolute atomic E-state index is 0.478. The van der Waals surface area contributed by atoms with E-state index in [-0.39, 0.29) is 0 Å². The van der Waals surface area contributed by atoms with Crippen LogP contribution in [0.25, 0.3) is 11.2 Å². The lowest BCUT2D eigenvalue weighted by atomic mass is 9.97. The average molecular weight is 292 g/mol. The van der Waals surface area contributed by atoms with Gasteiger partial charge >= 0.3 is 0 Å². The highest BCUT2D eigenvalue weighted by atomic mass is 15.1. The van der Waals surface area contributed by atoms with E-state index in [2.05, 4.69) is 50.2 Å². The Hall–Kier alpha value is -2.20. The summed E-state index contributed by atoms with van der Waals surface area (Å²) in [6.45, 7) is 3.26. The number of nitrogens with zero attached hydrogens (tertiary/aromatic N) is 3. The van der Waals surface area contributed by atoms with Gasteiger partial charge < -0.3 is 4.98 Å². The highest BCUT2D eigenvalue weighted by Crippen LogP contribution is 2.27. The standard InChI is InChI=1S/C18H20N4/c1-2-6-14(7-3-1)12-22-11-5-8-15(13-22)17-20-16-9-4-10-19-18(16)21-17/h1-4,6-7,9-10,15H,5,8,11-13H2,(H,19,20,21). The summed E-state index contributed by atoms with van der Waals surface area (Å²) in [5.41, 5.74) is 3.25. The predicted octanol–water partition coefficient (Wildman–Crippen LogP) is 3.34. The van der Waals surface area contributed by atoms with E-state index >= 15 is 0 Å². The maximum absolute atomic E-state index is 4.68. The van der Waals surface area contributed by atoms with Crippen LogP contribution >= 0.6 is 0 Å². The second-order valence-corrected chi connectivity index (χ2v) is 6.06. The van der Waals surface area contributed by atoms with Gasteiger partial charge in [-0.2, -0.15) is 0 Å². The van der Waals surface area contributed by atoms with E-state index in [0.29, 0.717) is 5.92 Å². The first-order valence-corrected chi connectivity index (χ1v) is 7.95. The first-order valence-electron chi connectivity index (χ1n) is 7.95. The number of hydrogen-bond donors (Lipinski definition) is 1. The molecule has 1 saturated heterocycles. The van der Waals surface area contributed by atoms with Gasteiger partial charge in [0.2, 0.25) is 0 Å². The summed E-state index contributed by atoms with van der Waals surface area (Å²) in [5.74, 6) is 1.57. The van der Waals surface area contributed by atoms with Crippen LogP contribution in [-0.2, 0) is 6.54 Å². The number of aromatic amines is 1. The zero-order valence-corrected chi connectivity index (χ0v) is 12.6. The van der Waals surface area contributed by atoms with Gasteiger partial charge in [-0.15, -0.1) is 0 Å². The number of fused-ring (bicyclic) bond motifs is 1. The highest BCUT2D eigenvalue weighted by Gasteiger charge is 2.24. The zero-order chi connectivity index (χ0) is 14.8. The number of H-pyrrole nitrogens is 1. The van der Waals surface area contributed by atoms with Crippen LogP contribution in [0.4, 0.5) is 0 Å². The summed E-state index contributed by atoms with van der Waals surface area (Å²) in [5, 5.41) is 0. The molecule has 0 amide bonds. The molecular weight excluding hydrogens is 272 g/mol. The number of nitrogens with one attached hydrogen (secondary N) is 1. The highest BCUT2D eigenvalue weighted by molar-refractivity contribution is 5.70. The van der Waals surface area contributed by atoms with E-state index in [1.165, 1.54) is 24.9 Å². The number of likely N-dealkylation sites (tertiary alicyclic amines) is 1. The molecule has 0 bridgehead atoms. The quantitative estimate of drug-likeness (QED) is 0.805. The van der Waals surface area contributed by atoms with Crippen molar-refractivity contribution in [2.45, 2.75) is 25.3 Å². The summed E-state index contributed by atoms with van der Waals surface area (Å²) in [6.07, 6.45) is 4.22. The Morgan fingerprint density at radius 2 is 2.05 bits per heavy atom. The summed E-state index contributed by atoms with van der Waals surface area (Å²) >= 11 is 0. The molecule has 22 heavy (non-hydrogen) atoms. The summed E-state index contributed by atoms with van der Waals surface area (Å²) in [7, 11) is 0. The van der Waals surface area contributed by atoms with Crippen LogP contribution < -0.4 is 0 Å². The van der Waals surface area contributed by atoms with E-state index in [1.807, 2.05) is 12.1 Å². The van der Waals surface area contributed by atoms with Crippen molar-refractivity contribution < 1.29 is 0 Å². The molecule has 1 aliphatic rings. The van der Waals surface area contributed by atoms with Crippen LogP contribution in [0.5, 0.6) is 0 Å². The van der Waals surface area contributed by atoms with E-state index in [1.54, 1.807) is 6.20 Å². The van der Waals surface area contributed by atoms with Gasteiger partial charge in [0.15, 0.2) is 5.65 Å². The van der Waals surface area contributed by atoms with Crippen LogP contribution in [0.3, 0.4) is 0 Å². The molecule has 3 aromatic rings. The summed E-state index contributed by atoms with van der Waals surface area (Å²) < 4.78 is 0. The zero-order valence-electron chi connectivity index (χ0n) is 12.6. The Morgan fingerprint density at radius 3 is 2.91 bits per heavy atom. The van der Waals surface area contributed by atoms with Gasteiger partial charge in [0.05, 0.1) is 5.52 Å². The normalized spacial score (nSPS) is 19.5. The molecule has 0 radical (unpaired) electrons. The molecule has 4 heteroatoms. The Labute approximate surface area is 130 Å². The fourth-order valence-corrected chi connectivity index (χ4v) is 3.32. The van der Waals surface area contributed by atoms with Crippen molar-refractivity contribution in [3.8, 4) is 0 Å². The lowest BCUT2D eigenvalue weighted by molar-refractivity contribution is 0.197. The van der Waals surface area contributed by atoms with Gasteiger partial charge in [-0.1, -0.05) is 30.3 Å². The van der Waals surface area contributed by atoms with Gasteiger partial charge in [-0.05, 0) is 37.1 Å². The predicted molar refractivity (Wildman–Crippen MR) is 87.6 cm³/mol. The molecule has 3 heterocycles. The van der Waals surface area contributed by atoms with Crippen molar-refractivity contribution in [2.24, 2.45) is 0 Å². The molecule has 1 aliphatic heterocycles. The molecule has 112 valence electrons. The van der Waals surface area contributed by atoms with E-state index in [0.717, 1.165) is 30.1 Å². The van der Waals surface area contributed by atoms with Crippen molar-refractivity contribution >= 4 is 11.2 Å². The molecule has 1 aromatic carbocycles. The fourth-order valence-electron chi connectivity index (χ4n) is 3.32. The maximum atomic E-state index is 4.68. The van der Waals surface area contributed by atoms with Gasteiger partial charge in [-0.25, -0.2) is 9.97 Å². The van der Waals surface area contributed by atoms with Crippen LogP contribution in [0.2, 0.25) is 0 Å². The molecule has 1 fully saturated rings. The number of pyridine rings is 1. The molecule has 4 nitrogen and oxygen atoms in total. The molecule has 2 aromatic heterocycles. The van der Waals surface area contributed by atoms with E-state index < -0.39 is 0 Å². The Morgan fingerprint density at radius 1 is 1.14 bits per heavy atom. The summed E-state index contributed by atoms with van der Waals surface area (Å²) in [6, 6.07) is 14.7. The Bertz CT molecular complexity index is 717. The number of hydrogen-bond acceptors (Lipinski definition) is 3. The van der Waals surface area contributed by atoms with Gasteiger partial charge in [0.25, 0.3) is 0 Å². The van der Waals surface area contributed by atoms with E-state index in [9.17, 15) is 0 Å². The van der Waals surface area contributed by atoms with Gasteiger partial charge in [-0.3, -0.25) is 4.90 Å². The third-order valence-corrected chi connectivity index (χ3v) is 4.42. The minimum Gasteiger partial charge on any atom is -0.340 e. The average Bonchev–Trinajstić information content (AvgIpc) is 3.00. The second-order valence-electron chi connectivity index (χ2n) is 6.06. The van der Waals surface area contributed by atoms with Crippen molar-refractivity contribution in [2.75, 3.05) is 13.1 Å². The molecule has 4 rings (SSSR count). The monoisotopic (exact) mass is 292 g/mol. The summed E-state index contributed by atoms with van der Waals surface area (Å²) in [4.78, 5) is 15.0. The van der Waals surface area contributed by atoms with Crippen LogP contribution in [0.1, 0.15) is 30.1 Å². The maximum Gasteiger partial charge on any atom is 0.177 e. The third-order valence-electron chi connectivity index (χ3n) is 4.42. The van der Waals surface area contributed by atoms with Crippen molar-refractivity contribution in [1.82, 2.24) is 19.9 Å². The molecule has 1 unspecified atom stereocenters. The molecule has 0 saturated carbocycles. The Kier molecular flexibility index (Phi) is 3.60. The molecule has 1 N–H and O–H groups in total. The van der Waals surface area contributed by atoms with Crippen molar-refractivity contribution in [1.29, 1.82) is 0 Å². The second kappa shape index (κ2) is 5.89. The fraction of sp³-hybridized carbons (Fsp3) is 0.333. The van der Waals surface area contributed by atoms with Crippen molar-refractivity contribution in [3.05, 3.63) is 60.0 Å². The molecule has 1 atom stereocenters. The largest absolute Gasteiger partial charge is 0.340 e. The topological polar surface area (TPSA) is 44.8 Å². The number of benzene rings is 1. The molecule has 0 aliphatic carbocycles. The van der Waals surface area contributed by atoms with E-state index in [4.69, 9.17) is 0 Å². The number of piperidine rings is 1.